The minimum atomic E-state index is -0.710. The molecule has 1 saturated heterocycles. The predicted molar refractivity (Wildman–Crippen MR) is 91.3 cm³/mol. The van der Waals surface area contributed by atoms with E-state index in [1.54, 1.807) is 24.3 Å². The van der Waals surface area contributed by atoms with Gasteiger partial charge in [0.15, 0.2) is 5.79 Å². The summed E-state index contributed by atoms with van der Waals surface area (Å²) in [6.45, 7) is 3.17. The van der Waals surface area contributed by atoms with Gasteiger partial charge < -0.3 is 24.8 Å². The third-order valence-corrected chi connectivity index (χ3v) is 4.40. The molecule has 25 heavy (non-hydrogen) atoms. The van der Waals surface area contributed by atoms with E-state index in [2.05, 4.69) is 10.6 Å². The van der Waals surface area contributed by atoms with Crippen LogP contribution in [-0.2, 0) is 19.1 Å². The normalized spacial score (nSPS) is 21.2. The molecule has 7 heteroatoms. The largest absolute Gasteiger partial charge is 0.494 e. The summed E-state index contributed by atoms with van der Waals surface area (Å²) in [6.07, 6.45) is 3.79. The van der Waals surface area contributed by atoms with Crippen molar-refractivity contribution >= 4 is 17.5 Å². The molecular formula is C18H24N2O5. The summed E-state index contributed by atoms with van der Waals surface area (Å²) in [5.41, 5.74) is 0.536. The molecule has 7 nitrogen and oxygen atoms in total. The Hall–Kier alpha value is -2.12. The number of carbonyl (C=O) groups excluding carboxylic acids is 2. The molecule has 0 bridgehead atoms. The van der Waals surface area contributed by atoms with E-state index in [0.717, 1.165) is 25.7 Å². The van der Waals surface area contributed by atoms with Gasteiger partial charge in [0.05, 0.1) is 13.2 Å². The van der Waals surface area contributed by atoms with E-state index in [-0.39, 0.29) is 12.6 Å². The van der Waals surface area contributed by atoms with Gasteiger partial charge in [0.2, 0.25) is 0 Å². The average Bonchev–Trinajstić information content (AvgIpc) is 3.24. The fourth-order valence-electron chi connectivity index (χ4n) is 3.17. The Morgan fingerprint density at radius 1 is 1.20 bits per heavy atom. The molecular weight excluding hydrogens is 324 g/mol. The van der Waals surface area contributed by atoms with Crippen molar-refractivity contribution in [3.63, 3.8) is 0 Å². The lowest BCUT2D eigenvalue weighted by atomic mass is 10.2. The van der Waals surface area contributed by atoms with Gasteiger partial charge in [-0.2, -0.15) is 0 Å². The fraction of sp³-hybridized carbons (Fsp3) is 0.556. The Bertz CT molecular complexity index is 610. The van der Waals surface area contributed by atoms with Crippen molar-refractivity contribution in [3.05, 3.63) is 24.3 Å². The third kappa shape index (κ3) is 4.49. The molecule has 1 spiro atoms. The van der Waals surface area contributed by atoms with E-state index >= 15 is 0 Å². The first-order chi connectivity index (χ1) is 12.1. The molecule has 1 aromatic carbocycles. The lowest BCUT2D eigenvalue weighted by molar-refractivity contribution is -0.161. The average molecular weight is 348 g/mol. The number of hydrogen-bond donors (Lipinski definition) is 2. The van der Waals surface area contributed by atoms with E-state index in [9.17, 15) is 9.59 Å². The van der Waals surface area contributed by atoms with Crippen LogP contribution in [0.2, 0.25) is 0 Å². The van der Waals surface area contributed by atoms with Crippen LogP contribution in [0.25, 0.3) is 0 Å². The summed E-state index contributed by atoms with van der Waals surface area (Å²) in [5.74, 6) is -1.15. The molecule has 3 rings (SSSR count). The molecule has 0 radical (unpaired) electrons. The molecule has 1 atom stereocenters. The third-order valence-electron chi connectivity index (χ3n) is 4.40. The zero-order valence-corrected chi connectivity index (χ0v) is 14.4. The summed E-state index contributed by atoms with van der Waals surface area (Å²) >= 11 is 0. The van der Waals surface area contributed by atoms with Crippen LogP contribution in [0.4, 0.5) is 5.69 Å². The zero-order valence-electron chi connectivity index (χ0n) is 14.4. The summed E-state index contributed by atoms with van der Waals surface area (Å²) in [6, 6.07) is 6.85. The number of nitrogens with one attached hydrogen (secondary N) is 2. The first kappa shape index (κ1) is 17.7. The molecule has 136 valence electrons. The number of carbonyl (C=O) groups is 2. The topological polar surface area (TPSA) is 85.9 Å². The van der Waals surface area contributed by atoms with Crippen LogP contribution in [0, 0.1) is 0 Å². The maximum absolute atomic E-state index is 12.0. The van der Waals surface area contributed by atoms with Crippen LogP contribution < -0.4 is 15.4 Å². The Labute approximate surface area is 147 Å². The lowest BCUT2D eigenvalue weighted by Gasteiger charge is -2.21. The van der Waals surface area contributed by atoms with Crippen molar-refractivity contribution in [2.75, 3.05) is 25.1 Å². The molecule has 1 heterocycles. The van der Waals surface area contributed by atoms with Gasteiger partial charge in [-0.05, 0) is 44.0 Å². The number of hydrogen-bond acceptors (Lipinski definition) is 5. The van der Waals surface area contributed by atoms with Gasteiger partial charge in [0.1, 0.15) is 11.9 Å². The second-order valence-corrected chi connectivity index (χ2v) is 6.29. The van der Waals surface area contributed by atoms with E-state index in [4.69, 9.17) is 14.2 Å². The van der Waals surface area contributed by atoms with Gasteiger partial charge in [0, 0.05) is 25.1 Å². The first-order valence-electron chi connectivity index (χ1n) is 8.74. The SMILES string of the molecule is CCOc1ccc(NC(=O)C(=O)NCC2COC3(CCCC3)O2)cc1. The highest BCUT2D eigenvalue weighted by molar-refractivity contribution is 6.39. The molecule has 0 aromatic heterocycles. The second kappa shape index (κ2) is 7.84. The number of anilines is 1. The molecule has 2 amide bonds. The van der Waals surface area contributed by atoms with Crippen molar-refractivity contribution in [1.82, 2.24) is 5.32 Å². The Kier molecular flexibility index (Phi) is 5.55. The first-order valence-corrected chi connectivity index (χ1v) is 8.74. The van der Waals surface area contributed by atoms with Crippen LogP contribution in [-0.4, -0.2) is 43.5 Å². The van der Waals surface area contributed by atoms with Crippen molar-refractivity contribution < 1.29 is 23.8 Å². The Morgan fingerprint density at radius 2 is 1.92 bits per heavy atom. The number of benzene rings is 1. The predicted octanol–water partition coefficient (Wildman–Crippen LogP) is 1.83. The standard InChI is InChI=1S/C18H24N2O5/c1-2-23-14-7-5-13(6-8-14)20-17(22)16(21)19-11-15-12-24-18(25-15)9-3-4-10-18/h5-8,15H,2-4,9-12H2,1H3,(H,19,21)(H,20,22). The maximum atomic E-state index is 12.0. The van der Waals surface area contributed by atoms with E-state index < -0.39 is 17.6 Å². The number of ether oxygens (including phenoxy) is 3. The molecule has 2 fully saturated rings. The molecule has 1 saturated carbocycles. The summed E-state index contributed by atoms with van der Waals surface area (Å²) in [7, 11) is 0. The quantitative estimate of drug-likeness (QED) is 0.793. The molecule has 1 aliphatic heterocycles. The Balaban J connectivity index is 1.42. The molecule has 1 unspecified atom stereocenters. The monoisotopic (exact) mass is 348 g/mol. The highest BCUT2D eigenvalue weighted by Gasteiger charge is 2.43. The minimum absolute atomic E-state index is 0.208. The highest BCUT2D eigenvalue weighted by Crippen LogP contribution is 2.38. The molecule has 1 aliphatic carbocycles. The smallest absolute Gasteiger partial charge is 0.313 e. The summed E-state index contributed by atoms with van der Waals surface area (Å²) in [4.78, 5) is 23.9. The van der Waals surface area contributed by atoms with E-state index in [1.165, 1.54) is 0 Å². The maximum Gasteiger partial charge on any atom is 0.313 e. The highest BCUT2D eigenvalue weighted by atomic mass is 16.7. The van der Waals surface area contributed by atoms with Gasteiger partial charge in [0.25, 0.3) is 0 Å². The summed E-state index contributed by atoms with van der Waals surface area (Å²) in [5, 5.41) is 5.16. The zero-order chi connectivity index (χ0) is 17.7. The van der Waals surface area contributed by atoms with E-state index in [1.807, 2.05) is 6.92 Å². The molecule has 2 N–H and O–H groups in total. The van der Waals surface area contributed by atoms with Crippen LogP contribution in [0.1, 0.15) is 32.6 Å². The fourth-order valence-corrected chi connectivity index (χ4v) is 3.17. The van der Waals surface area contributed by atoms with Crippen LogP contribution in [0.3, 0.4) is 0 Å². The van der Waals surface area contributed by atoms with Gasteiger partial charge in [-0.1, -0.05) is 0 Å². The van der Waals surface area contributed by atoms with Crippen LogP contribution in [0.15, 0.2) is 24.3 Å². The van der Waals surface area contributed by atoms with Crippen molar-refractivity contribution in [2.24, 2.45) is 0 Å². The molecule has 1 aromatic rings. The van der Waals surface area contributed by atoms with Gasteiger partial charge in [-0.15, -0.1) is 0 Å². The Morgan fingerprint density at radius 3 is 2.60 bits per heavy atom. The van der Waals surface area contributed by atoms with E-state index in [0.29, 0.717) is 24.7 Å². The van der Waals surface area contributed by atoms with Gasteiger partial charge in [-0.3, -0.25) is 9.59 Å². The number of amides is 2. The summed E-state index contributed by atoms with van der Waals surface area (Å²) < 4.78 is 17.0. The van der Waals surface area contributed by atoms with Crippen molar-refractivity contribution in [2.45, 2.75) is 44.5 Å². The van der Waals surface area contributed by atoms with Crippen LogP contribution >= 0.6 is 0 Å². The lowest BCUT2D eigenvalue weighted by Crippen LogP contribution is -2.40. The van der Waals surface area contributed by atoms with Crippen molar-refractivity contribution in [3.8, 4) is 5.75 Å². The van der Waals surface area contributed by atoms with Crippen LogP contribution in [0.5, 0.6) is 5.75 Å². The van der Waals surface area contributed by atoms with Crippen molar-refractivity contribution in [1.29, 1.82) is 0 Å². The van der Waals surface area contributed by atoms with Gasteiger partial charge >= 0.3 is 11.8 Å². The minimum Gasteiger partial charge on any atom is -0.494 e. The number of rotatable bonds is 5. The molecule has 2 aliphatic rings. The van der Waals surface area contributed by atoms with Gasteiger partial charge in [-0.25, -0.2) is 0 Å². The second-order valence-electron chi connectivity index (χ2n) is 6.29.